The molecule has 0 fully saturated rings. The molecule has 0 aliphatic rings. The van der Waals surface area contributed by atoms with Crippen LogP contribution in [0.3, 0.4) is 0 Å². The van der Waals surface area contributed by atoms with Crippen molar-refractivity contribution in [1.82, 2.24) is 0 Å². The predicted octanol–water partition coefficient (Wildman–Crippen LogP) is 5.99. The van der Waals surface area contributed by atoms with Gasteiger partial charge in [0.05, 0.1) is 18.9 Å². The van der Waals surface area contributed by atoms with Crippen LogP contribution in [0.2, 0.25) is 0 Å². The number of carbonyl (C=O) groups excluding carboxylic acids is 3. The van der Waals surface area contributed by atoms with Crippen LogP contribution < -0.4 is 9.47 Å². The van der Waals surface area contributed by atoms with Crippen LogP contribution in [0, 0.1) is 17.8 Å². The van der Waals surface area contributed by atoms with Crippen molar-refractivity contribution >= 4 is 17.9 Å². The number of esters is 3. The Hall–Kier alpha value is -3.15. The third-order valence-corrected chi connectivity index (χ3v) is 5.82. The summed E-state index contributed by atoms with van der Waals surface area (Å²) in [6.07, 6.45) is 3.45. The van der Waals surface area contributed by atoms with Gasteiger partial charge in [-0.25, -0.2) is 0 Å². The number of hydrogen-bond donors (Lipinski definition) is 0. The molecule has 0 saturated heterocycles. The smallest absolute Gasteiger partial charge is 0.312 e. The summed E-state index contributed by atoms with van der Waals surface area (Å²) in [7, 11) is 0. The number of carbonyl (C=O) groups is 3. The Balaban J connectivity index is 1.68. The molecule has 0 aromatic heterocycles. The van der Waals surface area contributed by atoms with E-state index in [1.54, 1.807) is 36.4 Å². The van der Waals surface area contributed by atoms with Crippen LogP contribution in [0.15, 0.2) is 60.7 Å². The molecule has 0 aliphatic carbocycles. The van der Waals surface area contributed by atoms with Crippen molar-refractivity contribution in [3.63, 3.8) is 0 Å². The first-order valence-electron chi connectivity index (χ1n) is 12.1. The fraction of sp³-hybridized carbons (Fsp3) is 0.464. The van der Waals surface area contributed by atoms with E-state index < -0.39 is 11.9 Å². The van der Waals surface area contributed by atoms with Gasteiger partial charge in [-0.3, -0.25) is 14.4 Å². The Morgan fingerprint density at radius 1 is 0.765 bits per heavy atom. The lowest BCUT2D eigenvalue weighted by Gasteiger charge is -2.20. The van der Waals surface area contributed by atoms with Gasteiger partial charge >= 0.3 is 17.9 Å². The van der Waals surface area contributed by atoms with E-state index in [-0.39, 0.29) is 30.2 Å². The number of ether oxygens (including phenoxy) is 3. The van der Waals surface area contributed by atoms with Gasteiger partial charge in [-0.05, 0) is 48.9 Å². The molecule has 2 aromatic carbocycles. The lowest BCUT2D eigenvalue weighted by atomic mass is 9.89. The third kappa shape index (κ3) is 10.2. The minimum Gasteiger partial charge on any atom is -0.465 e. The van der Waals surface area contributed by atoms with E-state index >= 15 is 0 Å². The maximum Gasteiger partial charge on any atom is 0.312 e. The molecule has 2 aromatic rings. The van der Waals surface area contributed by atoms with Crippen LogP contribution in [0.25, 0.3) is 0 Å². The molecular weight excluding hydrogens is 432 g/mol. The molecule has 0 aliphatic heterocycles. The lowest BCUT2D eigenvalue weighted by molar-refractivity contribution is -0.154. The average Bonchev–Trinajstić information content (AvgIpc) is 2.82. The summed E-state index contributed by atoms with van der Waals surface area (Å²) in [5.41, 5.74) is 0. The maximum absolute atomic E-state index is 12.7. The summed E-state index contributed by atoms with van der Waals surface area (Å²) >= 11 is 0. The van der Waals surface area contributed by atoms with Gasteiger partial charge in [0.2, 0.25) is 0 Å². The molecule has 0 amide bonds. The summed E-state index contributed by atoms with van der Waals surface area (Å²) in [5, 5.41) is 0. The van der Waals surface area contributed by atoms with E-state index in [0.717, 1.165) is 19.3 Å². The first-order chi connectivity index (χ1) is 16.4. The topological polar surface area (TPSA) is 78.9 Å². The van der Waals surface area contributed by atoms with E-state index in [2.05, 4.69) is 0 Å². The van der Waals surface area contributed by atoms with Gasteiger partial charge in [-0.1, -0.05) is 70.0 Å². The van der Waals surface area contributed by atoms with Crippen LogP contribution in [0.4, 0.5) is 0 Å². The molecule has 0 spiro atoms. The van der Waals surface area contributed by atoms with E-state index in [4.69, 9.17) is 14.2 Å². The highest BCUT2D eigenvalue weighted by Crippen LogP contribution is 2.23. The maximum atomic E-state index is 12.7. The SMILES string of the molecule is CCC(C)C(CC(=O)Oc1ccccc1)C(=O)OCCCCC(C)CC(=O)Oc1ccccc1. The Morgan fingerprint density at radius 3 is 1.82 bits per heavy atom. The number of para-hydroxylation sites is 2. The summed E-state index contributed by atoms with van der Waals surface area (Å²) < 4.78 is 16.2. The van der Waals surface area contributed by atoms with Gasteiger partial charge in [0, 0.05) is 6.42 Å². The van der Waals surface area contributed by atoms with Gasteiger partial charge in [0.1, 0.15) is 11.5 Å². The highest BCUT2D eigenvalue weighted by atomic mass is 16.5. The Bertz CT molecular complexity index is 880. The summed E-state index contributed by atoms with van der Waals surface area (Å²) in [6.45, 7) is 6.23. The molecule has 3 unspecified atom stereocenters. The molecule has 6 heteroatoms. The zero-order chi connectivity index (χ0) is 24.8. The largest absolute Gasteiger partial charge is 0.465 e. The minimum absolute atomic E-state index is 0.00599. The molecule has 34 heavy (non-hydrogen) atoms. The van der Waals surface area contributed by atoms with Crippen molar-refractivity contribution in [2.45, 2.75) is 59.3 Å². The van der Waals surface area contributed by atoms with Gasteiger partial charge in [0.15, 0.2) is 0 Å². The molecule has 0 bridgehead atoms. The number of hydrogen-bond acceptors (Lipinski definition) is 6. The second kappa shape index (κ2) is 14.9. The third-order valence-electron chi connectivity index (χ3n) is 5.82. The molecule has 2 rings (SSSR count). The van der Waals surface area contributed by atoms with Gasteiger partial charge in [-0.15, -0.1) is 0 Å². The van der Waals surface area contributed by atoms with Crippen LogP contribution in [0.1, 0.15) is 59.3 Å². The lowest BCUT2D eigenvalue weighted by Crippen LogP contribution is -2.28. The quantitative estimate of drug-likeness (QED) is 0.192. The monoisotopic (exact) mass is 468 g/mol. The van der Waals surface area contributed by atoms with Crippen LogP contribution in [-0.2, 0) is 19.1 Å². The van der Waals surface area contributed by atoms with Crippen molar-refractivity contribution in [3.8, 4) is 11.5 Å². The highest BCUT2D eigenvalue weighted by molar-refractivity contribution is 5.81. The fourth-order valence-corrected chi connectivity index (χ4v) is 3.57. The zero-order valence-corrected chi connectivity index (χ0v) is 20.4. The first-order valence-corrected chi connectivity index (χ1v) is 12.1. The zero-order valence-electron chi connectivity index (χ0n) is 20.4. The molecule has 0 radical (unpaired) electrons. The fourth-order valence-electron chi connectivity index (χ4n) is 3.57. The summed E-state index contributed by atoms with van der Waals surface area (Å²) in [4.78, 5) is 37.0. The van der Waals surface area contributed by atoms with Crippen molar-refractivity contribution in [1.29, 1.82) is 0 Å². The summed E-state index contributed by atoms with van der Waals surface area (Å²) in [5.74, 6) is -0.389. The average molecular weight is 469 g/mol. The molecular formula is C28H36O6. The molecule has 0 saturated carbocycles. The standard InChI is InChI=1S/C28H36O6/c1-4-22(3)25(20-27(30)34-24-16-9-6-10-17-24)28(31)32-18-12-11-13-21(2)19-26(29)33-23-14-7-5-8-15-23/h5-10,14-17,21-22,25H,4,11-13,18-20H2,1-3H3. The van der Waals surface area contributed by atoms with Crippen LogP contribution >= 0.6 is 0 Å². The number of rotatable bonds is 14. The van der Waals surface area contributed by atoms with Crippen molar-refractivity contribution in [2.24, 2.45) is 17.8 Å². The molecule has 3 atom stereocenters. The Labute approximate surface area is 202 Å². The number of unbranched alkanes of at least 4 members (excludes halogenated alkanes) is 1. The van der Waals surface area contributed by atoms with E-state index in [1.807, 2.05) is 45.0 Å². The predicted molar refractivity (Wildman–Crippen MR) is 130 cm³/mol. The normalized spacial score (nSPS) is 13.4. The van der Waals surface area contributed by atoms with Crippen molar-refractivity contribution < 1.29 is 28.6 Å². The second-order valence-electron chi connectivity index (χ2n) is 8.74. The van der Waals surface area contributed by atoms with Crippen LogP contribution in [-0.4, -0.2) is 24.5 Å². The second-order valence-corrected chi connectivity index (χ2v) is 8.74. The van der Waals surface area contributed by atoms with Crippen LogP contribution in [0.5, 0.6) is 11.5 Å². The van der Waals surface area contributed by atoms with Gasteiger partial charge in [-0.2, -0.15) is 0 Å². The Kier molecular flexibility index (Phi) is 11.9. The Morgan fingerprint density at radius 2 is 1.29 bits per heavy atom. The highest BCUT2D eigenvalue weighted by Gasteiger charge is 2.29. The van der Waals surface area contributed by atoms with E-state index in [0.29, 0.717) is 30.9 Å². The van der Waals surface area contributed by atoms with E-state index in [1.165, 1.54) is 0 Å². The van der Waals surface area contributed by atoms with Gasteiger partial charge < -0.3 is 14.2 Å². The minimum atomic E-state index is -0.534. The van der Waals surface area contributed by atoms with Crippen molar-refractivity contribution in [2.75, 3.05) is 6.61 Å². The molecule has 0 N–H and O–H groups in total. The number of benzene rings is 2. The first kappa shape index (κ1) is 27.1. The molecule has 6 nitrogen and oxygen atoms in total. The van der Waals surface area contributed by atoms with Crippen molar-refractivity contribution in [3.05, 3.63) is 60.7 Å². The van der Waals surface area contributed by atoms with Gasteiger partial charge in [0.25, 0.3) is 0 Å². The molecule has 0 heterocycles. The van der Waals surface area contributed by atoms with E-state index in [9.17, 15) is 14.4 Å². The molecule has 184 valence electrons. The summed E-state index contributed by atoms with van der Waals surface area (Å²) in [6, 6.07) is 17.9.